The molecule has 1 saturated carbocycles. The van der Waals surface area contributed by atoms with Crippen molar-refractivity contribution in [2.24, 2.45) is 11.7 Å². The molecule has 2 N–H and O–H groups in total. The summed E-state index contributed by atoms with van der Waals surface area (Å²) in [5, 5.41) is 0. The lowest BCUT2D eigenvalue weighted by Crippen LogP contribution is -2.39. The smallest absolute Gasteiger partial charge is 0.159 e. The number of benzene rings is 1. The van der Waals surface area contributed by atoms with Crippen molar-refractivity contribution in [1.82, 2.24) is 0 Å². The van der Waals surface area contributed by atoms with Crippen molar-refractivity contribution in [3.8, 4) is 0 Å². The van der Waals surface area contributed by atoms with Gasteiger partial charge in [-0.3, -0.25) is 0 Å². The average Bonchev–Trinajstić information content (AvgIpc) is 2.52. The van der Waals surface area contributed by atoms with E-state index in [1.807, 2.05) is 0 Å². The molecule has 1 aromatic rings. The molecule has 1 aromatic carbocycles. The van der Waals surface area contributed by atoms with Crippen molar-refractivity contribution in [3.63, 3.8) is 0 Å². The van der Waals surface area contributed by atoms with Crippen LogP contribution in [0.1, 0.15) is 31.7 Å². The second kappa shape index (κ2) is 4.13. The lowest BCUT2D eigenvalue weighted by Gasteiger charge is -2.24. The Morgan fingerprint density at radius 3 is 2.69 bits per heavy atom. The van der Waals surface area contributed by atoms with E-state index in [-0.39, 0.29) is 5.54 Å². The fourth-order valence-corrected chi connectivity index (χ4v) is 2.65. The van der Waals surface area contributed by atoms with Crippen LogP contribution in [0.5, 0.6) is 0 Å². The zero-order valence-corrected chi connectivity index (χ0v) is 9.47. The monoisotopic (exact) mass is 225 g/mol. The molecule has 2 rings (SSSR count). The number of nitrogens with two attached hydrogens (primary N) is 1. The van der Waals surface area contributed by atoms with E-state index in [0.29, 0.717) is 12.3 Å². The van der Waals surface area contributed by atoms with Crippen LogP contribution in [-0.2, 0) is 6.42 Å². The summed E-state index contributed by atoms with van der Waals surface area (Å²) in [4.78, 5) is 0. The van der Waals surface area contributed by atoms with Crippen molar-refractivity contribution in [2.45, 2.75) is 38.1 Å². The maximum Gasteiger partial charge on any atom is 0.159 e. The van der Waals surface area contributed by atoms with Gasteiger partial charge in [0.2, 0.25) is 0 Å². The standard InChI is InChI=1S/C13H17F2N/c1-9-4-5-13(16,7-9)8-10-2-3-11(14)12(15)6-10/h2-3,6,9H,4-5,7-8,16H2,1H3. The number of rotatable bonds is 2. The maximum absolute atomic E-state index is 13.0. The van der Waals surface area contributed by atoms with Crippen LogP contribution in [0.15, 0.2) is 18.2 Å². The number of halogens is 2. The average molecular weight is 225 g/mol. The first-order valence-corrected chi connectivity index (χ1v) is 5.71. The Kier molecular flexibility index (Phi) is 2.98. The van der Waals surface area contributed by atoms with Crippen LogP contribution in [0.3, 0.4) is 0 Å². The fraction of sp³-hybridized carbons (Fsp3) is 0.538. The van der Waals surface area contributed by atoms with Crippen molar-refractivity contribution in [1.29, 1.82) is 0 Å². The van der Waals surface area contributed by atoms with Crippen LogP contribution >= 0.6 is 0 Å². The summed E-state index contributed by atoms with van der Waals surface area (Å²) in [5.41, 5.74) is 6.81. The van der Waals surface area contributed by atoms with E-state index in [1.54, 1.807) is 6.07 Å². The maximum atomic E-state index is 13.0. The number of hydrogen-bond donors (Lipinski definition) is 1. The molecule has 16 heavy (non-hydrogen) atoms. The van der Waals surface area contributed by atoms with Crippen molar-refractivity contribution in [2.75, 3.05) is 0 Å². The Morgan fingerprint density at radius 1 is 1.38 bits per heavy atom. The van der Waals surface area contributed by atoms with Crippen LogP contribution in [0.2, 0.25) is 0 Å². The zero-order chi connectivity index (χ0) is 11.8. The Labute approximate surface area is 94.7 Å². The quantitative estimate of drug-likeness (QED) is 0.822. The molecule has 2 unspecified atom stereocenters. The topological polar surface area (TPSA) is 26.0 Å². The first-order chi connectivity index (χ1) is 7.48. The normalized spacial score (nSPS) is 29.6. The van der Waals surface area contributed by atoms with Gasteiger partial charge in [0, 0.05) is 5.54 Å². The summed E-state index contributed by atoms with van der Waals surface area (Å²) in [5.74, 6) is -0.947. The van der Waals surface area contributed by atoms with E-state index >= 15 is 0 Å². The molecule has 0 aliphatic heterocycles. The van der Waals surface area contributed by atoms with E-state index in [2.05, 4.69) is 6.92 Å². The first-order valence-electron chi connectivity index (χ1n) is 5.71. The van der Waals surface area contributed by atoms with Crippen molar-refractivity contribution < 1.29 is 8.78 Å². The van der Waals surface area contributed by atoms with Gasteiger partial charge in [-0.25, -0.2) is 8.78 Å². The SMILES string of the molecule is CC1CCC(N)(Cc2ccc(F)c(F)c2)C1. The second-order valence-corrected chi connectivity index (χ2v) is 5.14. The largest absolute Gasteiger partial charge is 0.325 e. The Balaban J connectivity index is 2.12. The van der Waals surface area contributed by atoms with Crippen molar-refractivity contribution >= 4 is 0 Å². The molecule has 0 radical (unpaired) electrons. The predicted octanol–water partition coefficient (Wildman–Crippen LogP) is 3.02. The molecule has 0 spiro atoms. The number of hydrogen-bond acceptors (Lipinski definition) is 1. The van der Waals surface area contributed by atoms with E-state index in [1.165, 1.54) is 12.1 Å². The zero-order valence-electron chi connectivity index (χ0n) is 9.47. The summed E-state index contributed by atoms with van der Waals surface area (Å²) in [6, 6.07) is 4.05. The van der Waals surface area contributed by atoms with Gasteiger partial charge in [-0.2, -0.15) is 0 Å². The summed E-state index contributed by atoms with van der Waals surface area (Å²) >= 11 is 0. The highest BCUT2D eigenvalue weighted by molar-refractivity contribution is 5.20. The molecule has 3 heteroatoms. The predicted molar refractivity (Wildman–Crippen MR) is 60.0 cm³/mol. The molecule has 1 nitrogen and oxygen atoms in total. The van der Waals surface area contributed by atoms with E-state index in [4.69, 9.17) is 5.73 Å². The van der Waals surface area contributed by atoms with Gasteiger partial charge in [0.1, 0.15) is 0 Å². The van der Waals surface area contributed by atoms with Gasteiger partial charge in [-0.05, 0) is 49.3 Å². The third-order valence-corrected chi connectivity index (χ3v) is 3.43. The highest BCUT2D eigenvalue weighted by Gasteiger charge is 2.33. The molecular weight excluding hydrogens is 208 g/mol. The molecular formula is C13H17F2N. The van der Waals surface area contributed by atoms with Crippen LogP contribution in [0.25, 0.3) is 0 Å². The van der Waals surface area contributed by atoms with Crippen LogP contribution < -0.4 is 5.73 Å². The lowest BCUT2D eigenvalue weighted by molar-refractivity contribution is 0.417. The molecule has 1 aliphatic carbocycles. The summed E-state index contributed by atoms with van der Waals surface area (Å²) < 4.78 is 25.8. The van der Waals surface area contributed by atoms with Crippen LogP contribution in [-0.4, -0.2) is 5.54 Å². The Morgan fingerprint density at radius 2 is 2.12 bits per heavy atom. The van der Waals surface area contributed by atoms with Gasteiger partial charge in [0.15, 0.2) is 11.6 Å². The minimum absolute atomic E-state index is 0.232. The minimum atomic E-state index is -0.797. The van der Waals surface area contributed by atoms with Gasteiger partial charge in [0.05, 0.1) is 0 Å². The molecule has 0 saturated heterocycles. The third kappa shape index (κ3) is 2.40. The second-order valence-electron chi connectivity index (χ2n) is 5.14. The summed E-state index contributed by atoms with van der Waals surface area (Å²) in [7, 11) is 0. The minimum Gasteiger partial charge on any atom is -0.325 e. The van der Waals surface area contributed by atoms with E-state index in [9.17, 15) is 8.78 Å². The Hall–Kier alpha value is -0.960. The fourth-order valence-electron chi connectivity index (χ4n) is 2.65. The molecule has 0 bridgehead atoms. The molecule has 0 aromatic heterocycles. The van der Waals surface area contributed by atoms with Gasteiger partial charge in [-0.15, -0.1) is 0 Å². The third-order valence-electron chi connectivity index (χ3n) is 3.43. The van der Waals surface area contributed by atoms with Gasteiger partial charge in [-0.1, -0.05) is 13.0 Å². The van der Waals surface area contributed by atoms with Gasteiger partial charge < -0.3 is 5.73 Å². The van der Waals surface area contributed by atoms with Gasteiger partial charge >= 0.3 is 0 Å². The van der Waals surface area contributed by atoms with E-state index < -0.39 is 11.6 Å². The Bertz CT molecular complexity index is 392. The molecule has 2 atom stereocenters. The lowest BCUT2D eigenvalue weighted by atomic mass is 9.89. The van der Waals surface area contributed by atoms with Crippen molar-refractivity contribution in [3.05, 3.63) is 35.4 Å². The summed E-state index contributed by atoms with van der Waals surface area (Å²) in [6.45, 7) is 2.18. The molecule has 0 heterocycles. The highest BCUT2D eigenvalue weighted by atomic mass is 19.2. The first kappa shape index (κ1) is 11.5. The van der Waals surface area contributed by atoms with Gasteiger partial charge in [0.25, 0.3) is 0 Å². The molecule has 88 valence electrons. The van der Waals surface area contributed by atoms with Crippen LogP contribution in [0, 0.1) is 17.6 Å². The molecule has 1 aliphatic rings. The molecule has 1 fully saturated rings. The summed E-state index contributed by atoms with van der Waals surface area (Å²) in [6.07, 6.45) is 3.69. The van der Waals surface area contributed by atoms with E-state index in [0.717, 1.165) is 24.8 Å². The van der Waals surface area contributed by atoms with Crippen LogP contribution in [0.4, 0.5) is 8.78 Å². The highest BCUT2D eigenvalue weighted by Crippen LogP contribution is 2.34. The molecule has 0 amide bonds.